The first kappa shape index (κ1) is 14.8. The summed E-state index contributed by atoms with van der Waals surface area (Å²) in [5, 5.41) is 9.16. The maximum atomic E-state index is 12.8. The van der Waals surface area contributed by atoms with Crippen molar-refractivity contribution in [2.24, 2.45) is 0 Å². The van der Waals surface area contributed by atoms with E-state index in [0.717, 1.165) is 0 Å². The topological polar surface area (TPSA) is 89.9 Å². The van der Waals surface area contributed by atoms with Crippen molar-refractivity contribution in [1.29, 1.82) is 0 Å². The van der Waals surface area contributed by atoms with Crippen LogP contribution in [0.15, 0.2) is 30.3 Å². The van der Waals surface area contributed by atoms with Crippen molar-refractivity contribution < 1.29 is 29.0 Å². The van der Waals surface area contributed by atoms with Crippen molar-refractivity contribution >= 4 is 17.5 Å². The summed E-state index contributed by atoms with van der Waals surface area (Å²) in [5.41, 5.74) is 0.306. The third kappa shape index (κ3) is 2.07. The van der Waals surface area contributed by atoms with E-state index in [2.05, 4.69) is 0 Å². The second-order valence-corrected chi connectivity index (χ2v) is 4.95. The van der Waals surface area contributed by atoms with Gasteiger partial charge in [-0.2, -0.15) is 0 Å². The Morgan fingerprint density at radius 2 is 1.57 bits per heavy atom. The van der Waals surface area contributed by atoms with E-state index >= 15 is 0 Å². The summed E-state index contributed by atoms with van der Waals surface area (Å²) < 4.78 is 10.3. The molecule has 1 aliphatic carbocycles. The normalized spacial score (nSPS) is 12.4. The lowest BCUT2D eigenvalue weighted by Gasteiger charge is -2.21. The fourth-order valence-corrected chi connectivity index (χ4v) is 2.71. The standard InChI is InChI=1S/C17H12O6/c1-22-11-5-3-4-9-13(11)16(19)14-10(15(9)18)6-8(17(20)21)7-12(14)23-2/h3-7H,1-2H3,(H,20,21). The van der Waals surface area contributed by atoms with Crippen molar-refractivity contribution in [1.82, 2.24) is 0 Å². The van der Waals surface area contributed by atoms with E-state index in [1.807, 2.05) is 0 Å². The molecule has 0 aromatic heterocycles. The molecular formula is C17H12O6. The van der Waals surface area contributed by atoms with Crippen LogP contribution >= 0.6 is 0 Å². The zero-order valence-electron chi connectivity index (χ0n) is 12.4. The summed E-state index contributed by atoms with van der Waals surface area (Å²) in [6, 6.07) is 7.13. The lowest BCUT2D eigenvalue weighted by Crippen LogP contribution is -2.23. The molecule has 0 heterocycles. The zero-order chi connectivity index (χ0) is 16.7. The molecule has 0 unspecified atom stereocenters. The first-order valence-corrected chi connectivity index (χ1v) is 6.71. The predicted octanol–water partition coefficient (Wildman–Crippen LogP) is 2.18. The fourth-order valence-electron chi connectivity index (χ4n) is 2.71. The smallest absolute Gasteiger partial charge is 0.335 e. The molecule has 0 saturated carbocycles. The lowest BCUT2D eigenvalue weighted by molar-refractivity contribution is 0.0696. The Morgan fingerprint density at radius 1 is 0.913 bits per heavy atom. The summed E-state index contributed by atoms with van der Waals surface area (Å²) in [6.07, 6.45) is 0. The Kier molecular flexibility index (Phi) is 3.37. The Bertz CT molecular complexity index is 866. The van der Waals surface area contributed by atoms with Crippen LogP contribution < -0.4 is 9.47 Å². The number of methoxy groups -OCH3 is 2. The minimum atomic E-state index is -1.21. The Morgan fingerprint density at radius 3 is 2.17 bits per heavy atom. The maximum absolute atomic E-state index is 12.8. The molecule has 0 radical (unpaired) electrons. The summed E-state index contributed by atoms with van der Waals surface area (Å²) in [7, 11) is 2.73. The average molecular weight is 312 g/mol. The van der Waals surface area contributed by atoms with Gasteiger partial charge < -0.3 is 14.6 Å². The number of ether oxygens (including phenoxy) is 2. The molecule has 23 heavy (non-hydrogen) atoms. The zero-order valence-corrected chi connectivity index (χ0v) is 12.4. The monoisotopic (exact) mass is 312 g/mol. The SMILES string of the molecule is COc1cccc2c1C(=O)c1c(OC)cc(C(=O)O)cc1C2=O. The fraction of sp³-hybridized carbons (Fsp3) is 0.118. The number of aromatic carboxylic acids is 1. The molecule has 0 aliphatic heterocycles. The van der Waals surface area contributed by atoms with E-state index in [1.165, 1.54) is 32.4 Å². The first-order chi connectivity index (χ1) is 11.0. The number of carbonyl (C=O) groups excluding carboxylic acids is 2. The van der Waals surface area contributed by atoms with Crippen LogP contribution in [-0.4, -0.2) is 36.9 Å². The van der Waals surface area contributed by atoms with Gasteiger partial charge in [-0.15, -0.1) is 0 Å². The second-order valence-electron chi connectivity index (χ2n) is 4.95. The van der Waals surface area contributed by atoms with Crippen LogP contribution in [0.4, 0.5) is 0 Å². The van der Waals surface area contributed by atoms with Crippen LogP contribution in [-0.2, 0) is 0 Å². The van der Waals surface area contributed by atoms with Crippen molar-refractivity contribution in [2.45, 2.75) is 0 Å². The lowest BCUT2D eigenvalue weighted by atomic mass is 9.82. The van der Waals surface area contributed by atoms with Crippen LogP contribution in [0.25, 0.3) is 0 Å². The number of carboxylic acids is 1. The van der Waals surface area contributed by atoms with Crippen LogP contribution in [0.1, 0.15) is 42.2 Å². The molecule has 1 N–H and O–H groups in total. The van der Waals surface area contributed by atoms with E-state index in [4.69, 9.17) is 14.6 Å². The van der Waals surface area contributed by atoms with E-state index < -0.39 is 17.5 Å². The molecule has 0 amide bonds. The van der Waals surface area contributed by atoms with Gasteiger partial charge in [0.05, 0.1) is 30.9 Å². The predicted molar refractivity (Wildman–Crippen MR) is 79.8 cm³/mol. The van der Waals surface area contributed by atoms with Crippen LogP contribution in [0.5, 0.6) is 11.5 Å². The van der Waals surface area contributed by atoms with Crippen LogP contribution in [0.3, 0.4) is 0 Å². The molecule has 6 nitrogen and oxygen atoms in total. The van der Waals surface area contributed by atoms with E-state index in [-0.39, 0.29) is 39.3 Å². The van der Waals surface area contributed by atoms with E-state index in [0.29, 0.717) is 0 Å². The molecule has 0 atom stereocenters. The molecule has 2 aromatic carbocycles. The molecule has 1 aliphatic rings. The van der Waals surface area contributed by atoms with Gasteiger partial charge >= 0.3 is 5.97 Å². The number of hydrogen-bond donors (Lipinski definition) is 1. The van der Waals surface area contributed by atoms with Gasteiger partial charge in [0.15, 0.2) is 5.78 Å². The second kappa shape index (κ2) is 5.24. The molecule has 2 aromatic rings. The molecule has 0 spiro atoms. The summed E-state index contributed by atoms with van der Waals surface area (Å²) in [4.78, 5) is 36.8. The highest BCUT2D eigenvalue weighted by atomic mass is 16.5. The third-order valence-electron chi connectivity index (χ3n) is 3.76. The molecule has 6 heteroatoms. The molecule has 116 valence electrons. The van der Waals surface area contributed by atoms with Crippen molar-refractivity contribution in [3.63, 3.8) is 0 Å². The molecule has 0 fully saturated rings. The number of carboxylic acid groups (broad SMARTS) is 1. The molecule has 0 saturated heterocycles. The van der Waals surface area contributed by atoms with Crippen LogP contribution in [0, 0.1) is 0 Å². The highest BCUT2D eigenvalue weighted by Gasteiger charge is 2.35. The number of rotatable bonds is 3. The Hall–Kier alpha value is -3.15. The highest BCUT2D eigenvalue weighted by Crippen LogP contribution is 2.37. The Balaban J connectivity index is 2.35. The van der Waals surface area contributed by atoms with Gasteiger partial charge in [0.1, 0.15) is 11.5 Å². The summed E-state index contributed by atoms with van der Waals surface area (Å²) in [6.45, 7) is 0. The van der Waals surface area contributed by atoms with Gasteiger partial charge in [-0.25, -0.2) is 4.79 Å². The molecule has 0 bridgehead atoms. The van der Waals surface area contributed by atoms with Gasteiger partial charge in [0.2, 0.25) is 5.78 Å². The maximum Gasteiger partial charge on any atom is 0.335 e. The van der Waals surface area contributed by atoms with Gasteiger partial charge in [0, 0.05) is 11.1 Å². The number of ketones is 2. The highest BCUT2D eigenvalue weighted by molar-refractivity contribution is 6.30. The molecular weight excluding hydrogens is 300 g/mol. The van der Waals surface area contributed by atoms with Gasteiger partial charge in [-0.1, -0.05) is 12.1 Å². The number of benzene rings is 2. The first-order valence-electron chi connectivity index (χ1n) is 6.71. The van der Waals surface area contributed by atoms with E-state index in [1.54, 1.807) is 12.1 Å². The average Bonchev–Trinajstić information content (AvgIpc) is 2.57. The van der Waals surface area contributed by atoms with Crippen LogP contribution in [0.2, 0.25) is 0 Å². The van der Waals surface area contributed by atoms with Gasteiger partial charge in [-0.05, 0) is 18.2 Å². The van der Waals surface area contributed by atoms with E-state index in [9.17, 15) is 14.4 Å². The summed E-state index contributed by atoms with van der Waals surface area (Å²) in [5.74, 6) is -1.73. The quantitative estimate of drug-likeness (QED) is 0.797. The summed E-state index contributed by atoms with van der Waals surface area (Å²) >= 11 is 0. The third-order valence-corrected chi connectivity index (χ3v) is 3.76. The van der Waals surface area contributed by atoms with Crippen molar-refractivity contribution in [3.05, 3.63) is 58.1 Å². The Labute approximate surface area is 131 Å². The minimum Gasteiger partial charge on any atom is -0.496 e. The number of hydrogen-bond acceptors (Lipinski definition) is 5. The number of fused-ring (bicyclic) bond motifs is 2. The van der Waals surface area contributed by atoms with Crippen molar-refractivity contribution in [2.75, 3.05) is 14.2 Å². The van der Waals surface area contributed by atoms with Gasteiger partial charge in [0.25, 0.3) is 0 Å². The van der Waals surface area contributed by atoms with Crippen molar-refractivity contribution in [3.8, 4) is 11.5 Å². The minimum absolute atomic E-state index is 0.0208. The molecule has 3 rings (SSSR count). The van der Waals surface area contributed by atoms with Gasteiger partial charge in [-0.3, -0.25) is 9.59 Å². The number of carbonyl (C=O) groups is 3. The largest absolute Gasteiger partial charge is 0.496 e.